The molecule has 0 heterocycles. The fourth-order valence-electron chi connectivity index (χ4n) is 1.60. The Bertz CT molecular complexity index is 720. The summed E-state index contributed by atoms with van der Waals surface area (Å²) in [6.45, 7) is 0.794. The molecule has 0 unspecified atom stereocenters. The average Bonchev–Trinajstić information content (AvgIpc) is 2.52. The monoisotopic (exact) mass is 339 g/mol. The Morgan fingerprint density at radius 1 is 1.30 bits per heavy atom. The van der Waals surface area contributed by atoms with E-state index in [1.165, 1.54) is 50.2 Å². The standard InChI is InChI=1S/C14H17N3O5S/c1-10(14(19)17(2)3)22-13(18)9-16-23(20,21)12-6-4-11(8-15)5-7-12/h4-7,10,16H,9H2,1-3H3/t10-/m0/s1. The molecule has 1 aromatic rings. The fraction of sp³-hybridized carbons (Fsp3) is 0.357. The van der Waals surface area contributed by atoms with E-state index >= 15 is 0 Å². The van der Waals surface area contributed by atoms with Crippen LogP contribution in [0.3, 0.4) is 0 Å². The van der Waals surface area contributed by atoms with Crippen molar-refractivity contribution in [3.05, 3.63) is 29.8 Å². The number of carbonyl (C=O) groups excluding carboxylic acids is 2. The Labute approximate surface area is 134 Å². The molecule has 1 rings (SSSR count). The van der Waals surface area contributed by atoms with Crippen LogP contribution in [0.5, 0.6) is 0 Å². The quantitative estimate of drug-likeness (QED) is 0.721. The molecular formula is C14H17N3O5S. The van der Waals surface area contributed by atoms with Crippen molar-refractivity contribution < 1.29 is 22.7 Å². The van der Waals surface area contributed by atoms with Gasteiger partial charge in [-0.2, -0.15) is 9.98 Å². The van der Waals surface area contributed by atoms with Crippen molar-refractivity contribution in [1.82, 2.24) is 9.62 Å². The summed E-state index contributed by atoms with van der Waals surface area (Å²) in [7, 11) is -0.880. The lowest BCUT2D eigenvalue weighted by atomic mass is 10.2. The second kappa shape index (κ2) is 7.71. The summed E-state index contributed by atoms with van der Waals surface area (Å²) in [5.41, 5.74) is 0.319. The first-order chi connectivity index (χ1) is 10.7. The van der Waals surface area contributed by atoms with Gasteiger partial charge in [0.25, 0.3) is 5.91 Å². The van der Waals surface area contributed by atoms with Gasteiger partial charge in [0.1, 0.15) is 6.54 Å². The number of esters is 1. The molecule has 0 bridgehead atoms. The zero-order chi connectivity index (χ0) is 17.6. The number of hydrogen-bond donors (Lipinski definition) is 1. The first-order valence-electron chi connectivity index (χ1n) is 6.58. The van der Waals surface area contributed by atoms with Gasteiger partial charge in [0.05, 0.1) is 16.5 Å². The molecule has 9 heteroatoms. The lowest BCUT2D eigenvalue weighted by molar-refractivity contribution is -0.156. The molecule has 0 aliphatic heterocycles. The molecule has 0 spiro atoms. The molecule has 124 valence electrons. The molecule has 0 fully saturated rings. The number of nitrogens with one attached hydrogen (secondary N) is 1. The number of nitrogens with zero attached hydrogens (tertiary/aromatic N) is 2. The zero-order valence-corrected chi connectivity index (χ0v) is 13.8. The van der Waals surface area contributed by atoms with Gasteiger partial charge >= 0.3 is 5.97 Å². The Balaban J connectivity index is 2.63. The summed E-state index contributed by atoms with van der Waals surface area (Å²) >= 11 is 0. The van der Waals surface area contributed by atoms with Crippen LogP contribution < -0.4 is 4.72 Å². The molecule has 23 heavy (non-hydrogen) atoms. The van der Waals surface area contributed by atoms with Crippen molar-refractivity contribution in [3.8, 4) is 6.07 Å². The van der Waals surface area contributed by atoms with Crippen molar-refractivity contribution in [3.63, 3.8) is 0 Å². The van der Waals surface area contributed by atoms with E-state index in [0.29, 0.717) is 5.56 Å². The molecule has 0 aliphatic rings. The molecule has 8 nitrogen and oxygen atoms in total. The lowest BCUT2D eigenvalue weighted by Gasteiger charge is -2.17. The predicted molar refractivity (Wildman–Crippen MR) is 80.6 cm³/mol. The number of nitriles is 1. The van der Waals surface area contributed by atoms with E-state index in [1.54, 1.807) is 0 Å². The highest BCUT2D eigenvalue weighted by atomic mass is 32.2. The first-order valence-corrected chi connectivity index (χ1v) is 8.06. The zero-order valence-electron chi connectivity index (χ0n) is 12.9. The van der Waals surface area contributed by atoms with E-state index in [2.05, 4.69) is 4.72 Å². The smallest absolute Gasteiger partial charge is 0.321 e. The van der Waals surface area contributed by atoms with Gasteiger partial charge in [-0.05, 0) is 31.2 Å². The summed E-state index contributed by atoms with van der Waals surface area (Å²) < 4.78 is 30.9. The van der Waals surface area contributed by atoms with Crippen molar-refractivity contribution in [2.24, 2.45) is 0 Å². The van der Waals surface area contributed by atoms with Crippen molar-refractivity contribution >= 4 is 21.9 Å². The van der Waals surface area contributed by atoms with Crippen molar-refractivity contribution in [1.29, 1.82) is 5.26 Å². The molecule has 1 aromatic carbocycles. The second-order valence-electron chi connectivity index (χ2n) is 4.83. The van der Waals surface area contributed by atoms with Crippen LogP contribution in [0.1, 0.15) is 12.5 Å². The number of carbonyl (C=O) groups is 2. The topological polar surface area (TPSA) is 117 Å². The van der Waals surface area contributed by atoms with Crippen LogP contribution in [-0.4, -0.2) is 51.9 Å². The van der Waals surface area contributed by atoms with Crippen LogP contribution in [-0.2, 0) is 24.3 Å². The summed E-state index contributed by atoms with van der Waals surface area (Å²) in [4.78, 5) is 24.3. The number of rotatable bonds is 6. The first kappa shape index (κ1) is 18.6. The highest BCUT2D eigenvalue weighted by Crippen LogP contribution is 2.09. The van der Waals surface area contributed by atoms with Crippen LogP contribution in [0.2, 0.25) is 0 Å². The van der Waals surface area contributed by atoms with Gasteiger partial charge in [0, 0.05) is 14.1 Å². The van der Waals surface area contributed by atoms with E-state index < -0.39 is 34.5 Å². The van der Waals surface area contributed by atoms with Gasteiger partial charge in [-0.3, -0.25) is 9.59 Å². The fourth-order valence-corrected chi connectivity index (χ4v) is 2.57. The summed E-state index contributed by atoms with van der Waals surface area (Å²) in [5, 5.41) is 8.67. The SMILES string of the molecule is C[C@H](OC(=O)CNS(=O)(=O)c1ccc(C#N)cc1)C(=O)N(C)C. The number of benzene rings is 1. The Kier molecular flexibility index (Phi) is 6.24. The van der Waals surface area contributed by atoms with Gasteiger partial charge in [-0.25, -0.2) is 8.42 Å². The van der Waals surface area contributed by atoms with Crippen molar-refractivity contribution in [2.75, 3.05) is 20.6 Å². The molecule has 1 amide bonds. The van der Waals surface area contributed by atoms with E-state index in [0.717, 1.165) is 0 Å². The number of hydrogen-bond acceptors (Lipinski definition) is 6. The average molecular weight is 339 g/mol. The molecule has 1 atom stereocenters. The Morgan fingerprint density at radius 3 is 2.35 bits per heavy atom. The van der Waals surface area contributed by atoms with Crippen LogP contribution in [0, 0.1) is 11.3 Å². The third kappa shape index (κ3) is 5.36. The van der Waals surface area contributed by atoms with Gasteiger partial charge in [-0.15, -0.1) is 0 Å². The normalized spacial score (nSPS) is 12.1. The van der Waals surface area contributed by atoms with Crippen molar-refractivity contribution in [2.45, 2.75) is 17.9 Å². The van der Waals surface area contributed by atoms with Crippen LogP contribution in [0.15, 0.2) is 29.2 Å². The summed E-state index contributed by atoms with van der Waals surface area (Å²) in [5.74, 6) is -1.28. The third-order valence-electron chi connectivity index (χ3n) is 2.80. The number of likely N-dealkylation sites (N-methyl/N-ethyl adjacent to an activating group) is 1. The van der Waals surface area contributed by atoms with Gasteiger partial charge in [0.15, 0.2) is 6.10 Å². The summed E-state index contributed by atoms with van der Waals surface area (Å²) in [6.07, 6.45) is -1.00. The molecular weight excluding hydrogens is 322 g/mol. The largest absolute Gasteiger partial charge is 0.452 e. The van der Waals surface area contributed by atoms with Crippen LogP contribution in [0.4, 0.5) is 0 Å². The van der Waals surface area contributed by atoms with Crippen LogP contribution >= 0.6 is 0 Å². The van der Waals surface area contributed by atoms with Crippen LogP contribution in [0.25, 0.3) is 0 Å². The maximum absolute atomic E-state index is 12.0. The second-order valence-corrected chi connectivity index (χ2v) is 6.59. The third-order valence-corrected chi connectivity index (χ3v) is 4.21. The predicted octanol–water partition coefficient (Wildman–Crippen LogP) is -0.144. The number of ether oxygens (including phenoxy) is 1. The van der Waals surface area contributed by atoms with Gasteiger partial charge < -0.3 is 9.64 Å². The molecule has 0 aromatic heterocycles. The number of amides is 1. The minimum atomic E-state index is -3.91. The summed E-state index contributed by atoms with van der Waals surface area (Å²) in [6, 6.07) is 7.08. The molecule has 0 saturated heterocycles. The van der Waals surface area contributed by atoms with E-state index in [1.807, 2.05) is 6.07 Å². The van der Waals surface area contributed by atoms with E-state index in [-0.39, 0.29) is 4.90 Å². The minimum absolute atomic E-state index is 0.0817. The van der Waals surface area contributed by atoms with Gasteiger partial charge in [0.2, 0.25) is 10.0 Å². The Morgan fingerprint density at radius 2 is 1.87 bits per heavy atom. The molecule has 0 saturated carbocycles. The van der Waals surface area contributed by atoms with E-state index in [9.17, 15) is 18.0 Å². The molecule has 0 aliphatic carbocycles. The maximum atomic E-state index is 12.0. The highest BCUT2D eigenvalue weighted by molar-refractivity contribution is 7.89. The molecule has 0 radical (unpaired) electrons. The lowest BCUT2D eigenvalue weighted by Crippen LogP contribution is -2.38. The maximum Gasteiger partial charge on any atom is 0.321 e. The minimum Gasteiger partial charge on any atom is -0.452 e. The number of sulfonamides is 1. The van der Waals surface area contributed by atoms with E-state index in [4.69, 9.17) is 10.00 Å². The highest BCUT2D eigenvalue weighted by Gasteiger charge is 2.21. The molecule has 1 N–H and O–H groups in total. The van der Waals surface area contributed by atoms with Gasteiger partial charge in [-0.1, -0.05) is 0 Å². The Hall–Kier alpha value is -2.44.